The molecule has 0 bridgehead atoms. The second-order valence-corrected chi connectivity index (χ2v) is 3.09. The zero-order valence-corrected chi connectivity index (χ0v) is 8.21. The molecule has 2 heterocycles. The van der Waals surface area contributed by atoms with Gasteiger partial charge in [0.1, 0.15) is 0 Å². The van der Waals surface area contributed by atoms with Gasteiger partial charge in [-0.15, -0.1) is 0 Å². The van der Waals surface area contributed by atoms with Crippen molar-refractivity contribution < 1.29 is 4.79 Å². The summed E-state index contributed by atoms with van der Waals surface area (Å²) in [6, 6.07) is 3.48. The van der Waals surface area contributed by atoms with Crippen LogP contribution in [0.5, 0.6) is 0 Å². The van der Waals surface area contributed by atoms with Crippen molar-refractivity contribution in [1.29, 1.82) is 0 Å². The average Bonchev–Trinajstić information content (AvgIpc) is 2.30. The monoisotopic (exact) mass is 199 g/mol. The van der Waals surface area contributed by atoms with E-state index >= 15 is 0 Å². The van der Waals surface area contributed by atoms with Gasteiger partial charge in [0.25, 0.3) is 0 Å². The van der Waals surface area contributed by atoms with Crippen LogP contribution in [0.4, 0.5) is 0 Å². The predicted octanol–water partition coefficient (Wildman–Crippen LogP) is 1.74. The van der Waals surface area contributed by atoms with Gasteiger partial charge >= 0.3 is 0 Å². The number of pyridine rings is 1. The molecule has 0 amide bonds. The van der Waals surface area contributed by atoms with Gasteiger partial charge in [-0.25, -0.2) is 9.97 Å². The molecule has 0 spiro atoms. The Bertz CT molecular complexity index is 482. The summed E-state index contributed by atoms with van der Waals surface area (Å²) in [4.78, 5) is 23.3. The maximum Gasteiger partial charge on any atom is 0.161 e. The first-order valence-electron chi connectivity index (χ1n) is 4.51. The molecule has 0 fully saturated rings. The largest absolute Gasteiger partial charge is 0.294 e. The molecule has 0 saturated heterocycles. The van der Waals surface area contributed by atoms with E-state index in [0.717, 1.165) is 5.56 Å². The summed E-state index contributed by atoms with van der Waals surface area (Å²) in [7, 11) is 0. The highest BCUT2D eigenvalue weighted by Crippen LogP contribution is 2.13. The third kappa shape index (κ3) is 2.04. The average molecular weight is 199 g/mol. The van der Waals surface area contributed by atoms with Crippen LogP contribution in [-0.4, -0.2) is 20.7 Å². The topological polar surface area (TPSA) is 55.7 Å². The van der Waals surface area contributed by atoms with Gasteiger partial charge in [0.15, 0.2) is 11.6 Å². The SMILES string of the molecule is CC(=O)c1cncc(-c2ncccn2)c1. The number of carbonyl (C=O) groups is 1. The van der Waals surface area contributed by atoms with Crippen molar-refractivity contribution >= 4 is 5.78 Å². The van der Waals surface area contributed by atoms with E-state index in [0.29, 0.717) is 11.4 Å². The highest BCUT2D eigenvalue weighted by Gasteiger charge is 2.04. The molecule has 0 aliphatic heterocycles. The van der Waals surface area contributed by atoms with Crippen molar-refractivity contribution in [3.05, 3.63) is 42.5 Å². The van der Waals surface area contributed by atoms with Gasteiger partial charge in [-0.05, 0) is 19.1 Å². The molecule has 0 N–H and O–H groups in total. The van der Waals surface area contributed by atoms with Crippen LogP contribution in [-0.2, 0) is 0 Å². The molecule has 74 valence electrons. The van der Waals surface area contributed by atoms with E-state index in [-0.39, 0.29) is 5.78 Å². The first-order valence-corrected chi connectivity index (χ1v) is 4.51. The fraction of sp³-hybridized carbons (Fsp3) is 0.0909. The van der Waals surface area contributed by atoms with Crippen LogP contribution >= 0.6 is 0 Å². The van der Waals surface area contributed by atoms with Gasteiger partial charge in [-0.1, -0.05) is 0 Å². The first-order chi connectivity index (χ1) is 7.27. The summed E-state index contributed by atoms with van der Waals surface area (Å²) >= 11 is 0. The first kappa shape index (κ1) is 9.45. The Balaban J connectivity index is 2.46. The molecule has 0 aromatic carbocycles. The quantitative estimate of drug-likeness (QED) is 0.691. The molecule has 2 rings (SSSR count). The third-order valence-corrected chi connectivity index (χ3v) is 1.97. The van der Waals surface area contributed by atoms with E-state index in [1.54, 1.807) is 30.7 Å². The number of ketones is 1. The smallest absolute Gasteiger partial charge is 0.161 e. The number of rotatable bonds is 2. The van der Waals surface area contributed by atoms with Crippen molar-refractivity contribution in [2.24, 2.45) is 0 Å². The Morgan fingerprint density at radius 1 is 1.20 bits per heavy atom. The Morgan fingerprint density at radius 2 is 1.93 bits per heavy atom. The van der Waals surface area contributed by atoms with Crippen molar-refractivity contribution in [3.63, 3.8) is 0 Å². The van der Waals surface area contributed by atoms with Crippen LogP contribution in [0.3, 0.4) is 0 Å². The van der Waals surface area contributed by atoms with Gasteiger partial charge in [0, 0.05) is 35.9 Å². The summed E-state index contributed by atoms with van der Waals surface area (Å²) < 4.78 is 0. The molecular formula is C11H9N3O. The van der Waals surface area contributed by atoms with Crippen LogP contribution in [0.15, 0.2) is 36.9 Å². The molecule has 0 atom stereocenters. The van der Waals surface area contributed by atoms with Gasteiger partial charge in [0.05, 0.1) is 0 Å². The lowest BCUT2D eigenvalue weighted by Gasteiger charge is -2.00. The van der Waals surface area contributed by atoms with Crippen LogP contribution in [0.1, 0.15) is 17.3 Å². The molecule has 0 saturated carbocycles. The van der Waals surface area contributed by atoms with Gasteiger partial charge < -0.3 is 0 Å². The van der Waals surface area contributed by atoms with Crippen LogP contribution in [0.25, 0.3) is 11.4 Å². The highest BCUT2D eigenvalue weighted by molar-refractivity contribution is 5.94. The minimum Gasteiger partial charge on any atom is -0.294 e. The third-order valence-electron chi connectivity index (χ3n) is 1.97. The maximum absolute atomic E-state index is 11.1. The Morgan fingerprint density at radius 3 is 2.60 bits per heavy atom. The summed E-state index contributed by atoms with van der Waals surface area (Å²) in [5.74, 6) is 0.563. The van der Waals surface area contributed by atoms with Crippen LogP contribution in [0, 0.1) is 0 Å². The number of hydrogen-bond donors (Lipinski definition) is 0. The Hall–Kier alpha value is -2.10. The lowest BCUT2D eigenvalue weighted by atomic mass is 10.1. The van der Waals surface area contributed by atoms with Crippen LogP contribution in [0.2, 0.25) is 0 Å². The van der Waals surface area contributed by atoms with Crippen molar-refractivity contribution in [2.45, 2.75) is 6.92 Å². The lowest BCUT2D eigenvalue weighted by molar-refractivity contribution is 0.101. The zero-order valence-electron chi connectivity index (χ0n) is 8.21. The fourth-order valence-corrected chi connectivity index (χ4v) is 1.20. The summed E-state index contributed by atoms with van der Waals surface area (Å²) in [5, 5.41) is 0. The molecule has 0 radical (unpaired) electrons. The molecule has 15 heavy (non-hydrogen) atoms. The summed E-state index contributed by atoms with van der Waals surface area (Å²) in [6.45, 7) is 1.51. The summed E-state index contributed by atoms with van der Waals surface area (Å²) in [5.41, 5.74) is 1.32. The molecule has 0 unspecified atom stereocenters. The minimum absolute atomic E-state index is 0.0136. The van der Waals surface area contributed by atoms with Gasteiger partial charge in [0.2, 0.25) is 0 Å². The second kappa shape index (κ2) is 3.96. The number of nitrogens with zero attached hydrogens (tertiary/aromatic N) is 3. The van der Waals surface area contributed by atoms with Gasteiger partial charge in [-0.2, -0.15) is 0 Å². The summed E-state index contributed by atoms with van der Waals surface area (Å²) in [6.07, 6.45) is 6.49. The standard InChI is InChI=1S/C11H9N3O/c1-8(15)9-5-10(7-12-6-9)11-13-3-2-4-14-11/h2-7H,1H3. The Kier molecular flexibility index (Phi) is 2.49. The molecule has 2 aromatic rings. The van der Waals surface area contributed by atoms with Crippen molar-refractivity contribution in [1.82, 2.24) is 15.0 Å². The lowest BCUT2D eigenvalue weighted by Crippen LogP contribution is -1.95. The highest BCUT2D eigenvalue weighted by atomic mass is 16.1. The molecule has 2 aromatic heterocycles. The second-order valence-electron chi connectivity index (χ2n) is 3.09. The van der Waals surface area contributed by atoms with Crippen molar-refractivity contribution in [3.8, 4) is 11.4 Å². The predicted molar refractivity (Wildman–Crippen MR) is 55.3 cm³/mol. The van der Waals surface area contributed by atoms with E-state index in [4.69, 9.17) is 0 Å². The molecular weight excluding hydrogens is 190 g/mol. The van der Waals surface area contributed by atoms with E-state index in [2.05, 4.69) is 15.0 Å². The normalized spacial score (nSPS) is 9.93. The van der Waals surface area contributed by atoms with Gasteiger partial charge in [-0.3, -0.25) is 9.78 Å². The number of carbonyl (C=O) groups excluding carboxylic acids is 1. The minimum atomic E-state index is -0.0136. The maximum atomic E-state index is 11.1. The Labute approximate surface area is 87.0 Å². The van der Waals surface area contributed by atoms with Crippen molar-refractivity contribution in [2.75, 3.05) is 0 Å². The van der Waals surface area contributed by atoms with E-state index in [1.165, 1.54) is 13.1 Å². The zero-order chi connectivity index (χ0) is 10.7. The fourth-order valence-electron chi connectivity index (χ4n) is 1.20. The van der Waals surface area contributed by atoms with E-state index in [9.17, 15) is 4.79 Å². The number of Topliss-reactive ketones (excluding diaryl/α,β-unsaturated/α-hetero) is 1. The number of aromatic nitrogens is 3. The van der Waals surface area contributed by atoms with E-state index < -0.39 is 0 Å². The van der Waals surface area contributed by atoms with Crippen LogP contribution < -0.4 is 0 Å². The number of hydrogen-bond acceptors (Lipinski definition) is 4. The molecule has 4 nitrogen and oxygen atoms in total. The molecule has 0 aliphatic carbocycles. The molecule has 0 aliphatic rings. The molecule has 4 heteroatoms. The van der Waals surface area contributed by atoms with E-state index in [1.807, 2.05) is 0 Å².